The molecule has 128 valence electrons. The molecule has 0 aliphatic carbocycles. The second kappa shape index (κ2) is 8.15. The minimum Gasteiger partial charge on any atom is -0.493 e. The van der Waals surface area contributed by atoms with E-state index >= 15 is 0 Å². The number of halogens is 1. The Morgan fingerprint density at radius 3 is 2.75 bits per heavy atom. The fourth-order valence-electron chi connectivity index (χ4n) is 2.14. The van der Waals surface area contributed by atoms with Crippen LogP contribution >= 0.6 is 15.9 Å². The van der Waals surface area contributed by atoms with E-state index in [9.17, 15) is 4.79 Å². The van der Waals surface area contributed by atoms with Crippen molar-refractivity contribution in [2.45, 2.75) is 26.8 Å². The van der Waals surface area contributed by atoms with Gasteiger partial charge in [0.25, 0.3) is 0 Å². The van der Waals surface area contributed by atoms with Crippen LogP contribution in [0.1, 0.15) is 42.7 Å². The minimum absolute atomic E-state index is 0.0918. The van der Waals surface area contributed by atoms with Crippen molar-refractivity contribution in [2.24, 2.45) is 0 Å². The summed E-state index contributed by atoms with van der Waals surface area (Å²) < 4.78 is 13.5. The molecule has 0 aliphatic heterocycles. The zero-order chi connectivity index (χ0) is 17.7. The van der Waals surface area contributed by atoms with Crippen LogP contribution in [0.15, 0.2) is 35.1 Å². The predicted molar refractivity (Wildman–Crippen MR) is 97.8 cm³/mol. The van der Waals surface area contributed by atoms with E-state index in [-0.39, 0.29) is 11.8 Å². The summed E-state index contributed by atoms with van der Waals surface area (Å²) in [5.74, 6) is 1.18. The molecule has 0 fully saturated rings. The number of carbonyl (C=O) groups excluding carboxylic acids is 1. The number of ether oxygens (including phenoxy) is 2. The van der Waals surface area contributed by atoms with Crippen LogP contribution < -0.4 is 9.47 Å². The molecule has 0 N–H and O–H groups in total. The molecule has 0 bridgehead atoms. The van der Waals surface area contributed by atoms with Gasteiger partial charge in [0.1, 0.15) is 0 Å². The first-order valence-corrected chi connectivity index (χ1v) is 8.52. The maximum Gasteiger partial charge on any atom is 0.189 e. The lowest BCUT2D eigenvalue weighted by Crippen LogP contribution is -2.00. The Morgan fingerprint density at radius 1 is 1.42 bits per heavy atom. The molecular weight excluding hydrogens is 372 g/mol. The molecule has 1 aromatic carbocycles. The average Bonchev–Trinajstić information content (AvgIpc) is 3.05. The lowest BCUT2D eigenvalue weighted by Gasteiger charge is -2.12. The standard InChI is InChI=1S/C18H21BrN2O3/c1-5-24-18-15(19)8-13(9-17(18)23-4)6-7-16(22)14-10-20-21(11-14)12(2)3/h6-12H,5H2,1-4H3/b7-6+. The van der Waals surface area contributed by atoms with Gasteiger partial charge in [-0.1, -0.05) is 6.08 Å². The Labute approximate surface area is 150 Å². The first-order valence-electron chi connectivity index (χ1n) is 7.73. The maximum atomic E-state index is 12.3. The highest BCUT2D eigenvalue weighted by molar-refractivity contribution is 9.10. The van der Waals surface area contributed by atoms with Crippen molar-refractivity contribution >= 4 is 27.8 Å². The van der Waals surface area contributed by atoms with E-state index in [1.807, 2.05) is 32.9 Å². The Bertz CT molecular complexity index is 751. The number of allylic oxidation sites excluding steroid dienone is 1. The molecule has 5 nitrogen and oxygen atoms in total. The van der Waals surface area contributed by atoms with E-state index in [0.717, 1.165) is 10.0 Å². The SMILES string of the molecule is CCOc1c(Br)cc(/C=C/C(=O)c2cnn(C(C)C)c2)cc1OC. The number of nitrogens with zero attached hydrogens (tertiary/aromatic N) is 2. The lowest BCUT2D eigenvalue weighted by atomic mass is 10.1. The lowest BCUT2D eigenvalue weighted by molar-refractivity contribution is 0.104. The van der Waals surface area contributed by atoms with Crippen LogP contribution in [-0.4, -0.2) is 29.3 Å². The number of rotatable bonds is 7. The van der Waals surface area contributed by atoms with Gasteiger partial charge in [-0.3, -0.25) is 9.48 Å². The number of benzene rings is 1. The van der Waals surface area contributed by atoms with E-state index in [1.54, 1.807) is 30.3 Å². The Hall–Kier alpha value is -2.08. The van der Waals surface area contributed by atoms with Crippen molar-refractivity contribution in [3.63, 3.8) is 0 Å². The molecule has 6 heteroatoms. The second-order valence-corrected chi connectivity index (χ2v) is 6.32. The molecule has 0 aliphatic rings. The van der Waals surface area contributed by atoms with Gasteiger partial charge in [0.2, 0.25) is 0 Å². The van der Waals surface area contributed by atoms with Gasteiger partial charge in [-0.2, -0.15) is 5.10 Å². The molecule has 1 heterocycles. The molecule has 2 rings (SSSR count). The molecular formula is C18H21BrN2O3. The van der Waals surface area contributed by atoms with Crippen molar-refractivity contribution in [3.05, 3.63) is 46.2 Å². The van der Waals surface area contributed by atoms with Crippen LogP contribution in [0.4, 0.5) is 0 Å². The molecule has 1 aromatic heterocycles. The van der Waals surface area contributed by atoms with Gasteiger partial charge in [0.05, 0.1) is 29.9 Å². The first-order chi connectivity index (χ1) is 11.5. The fraction of sp³-hybridized carbons (Fsp3) is 0.333. The van der Waals surface area contributed by atoms with Crippen LogP contribution in [0.25, 0.3) is 6.08 Å². The summed E-state index contributed by atoms with van der Waals surface area (Å²) in [4.78, 5) is 12.3. The Morgan fingerprint density at radius 2 is 2.17 bits per heavy atom. The molecule has 0 saturated heterocycles. The molecule has 24 heavy (non-hydrogen) atoms. The zero-order valence-corrected chi connectivity index (χ0v) is 15.8. The minimum atomic E-state index is -0.0918. The maximum absolute atomic E-state index is 12.3. The summed E-state index contributed by atoms with van der Waals surface area (Å²) in [6, 6.07) is 3.94. The largest absolute Gasteiger partial charge is 0.493 e. The van der Waals surface area contributed by atoms with Crippen LogP contribution in [0.2, 0.25) is 0 Å². The number of methoxy groups -OCH3 is 1. The van der Waals surface area contributed by atoms with Crippen LogP contribution in [0, 0.1) is 0 Å². The van der Waals surface area contributed by atoms with Gasteiger partial charge in [-0.05, 0) is 60.5 Å². The highest BCUT2D eigenvalue weighted by Crippen LogP contribution is 2.37. The van der Waals surface area contributed by atoms with Gasteiger partial charge in [0, 0.05) is 12.2 Å². The number of hydrogen-bond donors (Lipinski definition) is 0. The summed E-state index contributed by atoms with van der Waals surface area (Å²) in [6.45, 7) is 6.49. The highest BCUT2D eigenvalue weighted by atomic mass is 79.9. The summed E-state index contributed by atoms with van der Waals surface area (Å²) in [5.41, 5.74) is 1.41. The average molecular weight is 393 g/mol. The molecule has 0 saturated carbocycles. The van der Waals surface area contributed by atoms with E-state index in [2.05, 4.69) is 21.0 Å². The van der Waals surface area contributed by atoms with Crippen LogP contribution in [-0.2, 0) is 0 Å². The quantitative estimate of drug-likeness (QED) is 0.512. The topological polar surface area (TPSA) is 53.3 Å². The third kappa shape index (κ3) is 4.26. The third-order valence-electron chi connectivity index (χ3n) is 3.38. The van der Waals surface area contributed by atoms with Crippen LogP contribution in [0.3, 0.4) is 0 Å². The smallest absolute Gasteiger partial charge is 0.189 e. The van der Waals surface area contributed by atoms with Crippen molar-refractivity contribution < 1.29 is 14.3 Å². The summed E-state index contributed by atoms with van der Waals surface area (Å²) in [5, 5.41) is 4.18. The summed E-state index contributed by atoms with van der Waals surface area (Å²) in [6.07, 6.45) is 6.62. The van der Waals surface area contributed by atoms with Gasteiger partial charge in [0.15, 0.2) is 17.3 Å². The van der Waals surface area contributed by atoms with E-state index < -0.39 is 0 Å². The molecule has 0 unspecified atom stereocenters. The van der Waals surface area contributed by atoms with Crippen molar-refractivity contribution in [1.82, 2.24) is 9.78 Å². The predicted octanol–water partition coefficient (Wildman–Crippen LogP) is 4.53. The van der Waals surface area contributed by atoms with E-state index in [0.29, 0.717) is 23.7 Å². The van der Waals surface area contributed by atoms with Crippen molar-refractivity contribution in [1.29, 1.82) is 0 Å². The first kappa shape index (κ1) is 18.3. The number of carbonyl (C=O) groups is 1. The monoisotopic (exact) mass is 392 g/mol. The molecule has 0 amide bonds. The molecule has 0 radical (unpaired) electrons. The number of hydrogen-bond acceptors (Lipinski definition) is 4. The summed E-state index contributed by atoms with van der Waals surface area (Å²) in [7, 11) is 1.59. The normalized spacial score (nSPS) is 11.2. The second-order valence-electron chi connectivity index (χ2n) is 5.47. The van der Waals surface area contributed by atoms with Gasteiger partial charge < -0.3 is 9.47 Å². The number of aromatic nitrogens is 2. The van der Waals surface area contributed by atoms with Gasteiger partial charge >= 0.3 is 0 Å². The Balaban J connectivity index is 2.21. The molecule has 0 atom stereocenters. The van der Waals surface area contributed by atoms with Gasteiger partial charge in [-0.15, -0.1) is 0 Å². The summed E-state index contributed by atoms with van der Waals surface area (Å²) >= 11 is 3.47. The van der Waals surface area contributed by atoms with Crippen molar-refractivity contribution in [3.8, 4) is 11.5 Å². The van der Waals surface area contributed by atoms with E-state index in [1.165, 1.54) is 6.08 Å². The van der Waals surface area contributed by atoms with Crippen LogP contribution in [0.5, 0.6) is 11.5 Å². The third-order valence-corrected chi connectivity index (χ3v) is 3.97. The Kier molecular flexibility index (Phi) is 6.20. The fourth-order valence-corrected chi connectivity index (χ4v) is 2.71. The van der Waals surface area contributed by atoms with Crippen molar-refractivity contribution in [2.75, 3.05) is 13.7 Å². The number of ketones is 1. The zero-order valence-electron chi connectivity index (χ0n) is 14.2. The highest BCUT2D eigenvalue weighted by Gasteiger charge is 2.11. The van der Waals surface area contributed by atoms with Gasteiger partial charge in [-0.25, -0.2) is 0 Å². The van der Waals surface area contributed by atoms with E-state index in [4.69, 9.17) is 9.47 Å². The molecule has 2 aromatic rings. The molecule has 0 spiro atoms.